The third kappa shape index (κ3) is 5.22. The van der Waals surface area contributed by atoms with Crippen molar-refractivity contribution in [1.82, 2.24) is 5.32 Å². The summed E-state index contributed by atoms with van der Waals surface area (Å²) in [6.45, 7) is 7.28. The van der Waals surface area contributed by atoms with Gasteiger partial charge in [-0.3, -0.25) is 0 Å². The van der Waals surface area contributed by atoms with Gasteiger partial charge in [-0.05, 0) is 44.5 Å². The second-order valence-electron chi connectivity index (χ2n) is 6.22. The Labute approximate surface area is 142 Å². The first kappa shape index (κ1) is 17.8. The molecule has 0 heterocycles. The maximum Gasteiger partial charge on any atom is 0.129 e. The number of rotatable bonds is 7. The molecule has 2 rings (SSSR count). The van der Waals surface area contributed by atoms with E-state index in [1.165, 1.54) is 6.07 Å². The Hall–Kier alpha value is -1.58. The van der Waals surface area contributed by atoms with Crippen LogP contribution in [-0.4, -0.2) is 5.54 Å². The third-order valence-corrected chi connectivity index (χ3v) is 4.24. The van der Waals surface area contributed by atoms with Crippen LogP contribution in [0.5, 0.6) is 5.75 Å². The Morgan fingerprint density at radius 3 is 2.57 bits per heavy atom. The van der Waals surface area contributed by atoms with E-state index in [9.17, 15) is 4.39 Å². The zero-order chi connectivity index (χ0) is 16.9. The van der Waals surface area contributed by atoms with Gasteiger partial charge in [0, 0.05) is 28.2 Å². The standard InChI is InChI=1S/C19H23ClFNO/c1-4-19(2,3)22-12-15-11-16(20)9-10-18(15)23-13-14-7-5-6-8-17(14)21/h5-11,22H,4,12-13H2,1-3H3. The zero-order valence-corrected chi connectivity index (χ0v) is 14.6. The number of nitrogens with one attached hydrogen (secondary N) is 1. The number of halogens is 2. The third-order valence-electron chi connectivity index (χ3n) is 4.00. The number of hydrogen-bond acceptors (Lipinski definition) is 2. The number of benzene rings is 2. The fraction of sp³-hybridized carbons (Fsp3) is 0.368. The molecule has 0 bridgehead atoms. The first-order valence-electron chi connectivity index (χ1n) is 7.81. The smallest absolute Gasteiger partial charge is 0.129 e. The summed E-state index contributed by atoms with van der Waals surface area (Å²) in [5.41, 5.74) is 1.54. The van der Waals surface area contributed by atoms with Crippen LogP contribution >= 0.6 is 11.6 Å². The molecule has 0 atom stereocenters. The minimum Gasteiger partial charge on any atom is -0.488 e. The van der Waals surface area contributed by atoms with Crippen molar-refractivity contribution in [3.63, 3.8) is 0 Å². The van der Waals surface area contributed by atoms with Crippen molar-refractivity contribution < 1.29 is 9.13 Å². The van der Waals surface area contributed by atoms with Gasteiger partial charge in [0.1, 0.15) is 18.2 Å². The van der Waals surface area contributed by atoms with Crippen LogP contribution in [0.25, 0.3) is 0 Å². The van der Waals surface area contributed by atoms with Gasteiger partial charge in [-0.1, -0.05) is 36.7 Å². The SMILES string of the molecule is CCC(C)(C)NCc1cc(Cl)ccc1OCc1ccccc1F. The molecule has 23 heavy (non-hydrogen) atoms. The van der Waals surface area contributed by atoms with Gasteiger partial charge < -0.3 is 10.1 Å². The van der Waals surface area contributed by atoms with Crippen LogP contribution in [0.3, 0.4) is 0 Å². The van der Waals surface area contributed by atoms with Crippen LogP contribution in [0.2, 0.25) is 5.02 Å². The average Bonchev–Trinajstić information content (AvgIpc) is 2.53. The molecular formula is C19H23ClFNO. The highest BCUT2D eigenvalue weighted by molar-refractivity contribution is 6.30. The summed E-state index contributed by atoms with van der Waals surface area (Å²) in [6.07, 6.45) is 1.01. The van der Waals surface area contributed by atoms with Gasteiger partial charge in [0.25, 0.3) is 0 Å². The summed E-state index contributed by atoms with van der Waals surface area (Å²) >= 11 is 6.10. The van der Waals surface area contributed by atoms with Gasteiger partial charge >= 0.3 is 0 Å². The van der Waals surface area contributed by atoms with Gasteiger partial charge in [-0.15, -0.1) is 0 Å². The van der Waals surface area contributed by atoms with E-state index in [4.69, 9.17) is 16.3 Å². The lowest BCUT2D eigenvalue weighted by molar-refractivity contribution is 0.293. The molecular weight excluding hydrogens is 313 g/mol. The fourth-order valence-corrected chi connectivity index (χ4v) is 2.25. The molecule has 1 N–H and O–H groups in total. The molecule has 0 aliphatic rings. The highest BCUT2D eigenvalue weighted by Crippen LogP contribution is 2.25. The van der Waals surface area contributed by atoms with E-state index in [-0.39, 0.29) is 18.0 Å². The van der Waals surface area contributed by atoms with Crippen LogP contribution in [0.4, 0.5) is 4.39 Å². The zero-order valence-electron chi connectivity index (χ0n) is 13.8. The van der Waals surface area contributed by atoms with Crippen molar-refractivity contribution in [2.45, 2.75) is 45.9 Å². The molecule has 2 aromatic rings. The highest BCUT2D eigenvalue weighted by Gasteiger charge is 2.15. The van der Waals surface area contributed by atoms with Crippen molar-refractivity contribution in [3.05, 3.63) is 64.4 Å². The maximum atomic E-state index is 13.7. The second-order valence-corrected chi connectivity index (χ2v) is 6.66. The van der Waals surface area contributed by atoms with Gasteiger partial charge in [0.2, 0.25) is 0 Å². The molecule has 0 aromatic heterocycles. The quantitative estimate of drug-likeness (QED) is 0.737. The summed E-state index contributed by atoms with van der Waals surface area (Å²) in [6, 6.07) is 12.1. The summed E-state index contributed by atoms with van der Waals surface area (Å²) in [5, 5.41) is 4.15. The molecule has 0 saturated heterocycles. The molecule has 0 saturated carbocycles. The van der Waals surface area contributed by atoms with Crippen LogP contribution < -0.4 is 10.1 Å². The Bertz CT molecular complexity index is 658. The van der Waals surface area contributed by atoms with Gasteiger partial charge in [-0.25, -0.2) is 4.39 Å². The van der Waals surface area contributed by atoms with E-state index >= 15 is 0 Å². The van der Waals surface area contributed by atoms with Crippen LogP contribution in [0.1, 0.15) is 38.3 Å². The predicted octanol–water partition coefficient (Wildman–Crippen LogP) is 5.34. The molecule has 0 unspecified atom stereocenters. The van der Waals surface area contributed by atoms with E-state index < -0.39 is 0 Å². The monoisotopic (exact) mass is 335 g/mol. The summed E-state index contributed by atoms with van der Waals surface area (Å²) in [4.78, 5) is 0. The van der Waals surface area contributed by atoms with Crippen LogP contribution in [0.15, 0.2) is 42.5 Å². The Morgan fingerprint density at radius 1 is 1.13 bits per heavy atom. The van der Waals surface area contributed by atoms with E-state index in [2.05, 4.69) is 26.1 Å². The Kier molecular flexibility index (Phi) is 6.03. The molecule has 0 aliphatic carbocycles. The van der Waals surface area contributed by atoms with Crippen molar-refractivity contribution in [3.8, 4) is 5.75 Å². The summed E-state index contributed by atoms with van der Waals surface area (Å²) < 4.78 is 19.5. The van der Waals surface area contributed by atoms with E-state index in [0.717, 1.165) is 17.7 Å². The van der Waals surface area contributed by atoms with Gasteiger partial charge in [0.15, 0.2) is 0 Å². The lowest BCUT2D eigenvalue weighted by atomic mass is 10.0. The summed E-state index contributed by atoms with van der Waals surface area (Å²) in [5.74, 6) is 0.463. The van der Waals surface area contributed by atoms with Crippen molar-refractivity contribution in [2.75, 3.05) is 0 Å². The Balaban J connectivity index is 2.10. The average molecular weight is 336 g/mol. The molecule has 0 amide bonds. The molecule has 2 aromatic carbocycles. The van der Waals surface area contributed by atoms with Crippen molar-refractivity contribution in [1.29, 1.82) is 0 Å². The minimum atomic E-state index is -0.256. The molecule has 0 spiro atoms. The van der Waals surface area contributed by atoms with E-state index in [1.807, 2.05) is 12.1 Å². The fourth-order valence-electron chi connectivity index (χ4n) is 2.06. The molecule has 2 nitrogen and oxygen atoms in total. The first-order valence-corrected chi connectivity index (χ1v) is 8.19. The maximum absolute atomic E-state index is 13.7. The molecule has 0 radical (unpaired) electrons. The number of ether oxygens (including phenoxy) is 1. The van der Waals surface area contributed by atoms with Crippen LogP contribution in [-0.2, 0) is 13.2 Å². The molecule has 4 heteroatoms. The number of hydrogen-bond donors (Lipinski definition) is 1. The lowest BCUT2D eigenvalue weighted by Crippen LogP contribution is -2.37. The van der Waals surface area contributed by atoms with E-state index in [0.29, 0.717) is 17.1 Å². The van der Waals surface area contributed by atoms with Crippen molar-refractivity contribution in [2.24, 2.45) is 0 Å². The molecule has 0 fully saturated rings. The summed E-state index contributed by atoms with van der Waals surface area (Å²) in [7, 11) is 0. The normalized spacial score (nSPS) is 11.5. The largest absolute Gasteiger partial charge is 0.488 e. The topological polar surface area (TPSA) is 21.3 Å². The predicted molar refractivity (Wildman–Crippen MR) is 93.4 cm³/mol. The molecule has 0 aliphatic heterocycles. The van der Waals surface area contributed by atoms with Gasteiger partial charge in [0.05, 0.1) is 0 Å². The van der Waals surface area contributed by atoms with E-state index in [1.54, 1.807) is 24.3 Å². The minimum absolute atomic E-state index is 0.0329. The molecule has 124 valence electrons. The Morgan fingerprint density at radius 2 is 1.87 bits per heavy atom. The lowest BCUT2D eigenvalue weighted by Gasteiger charge is -2.25. The van der Waals surface area contributed by atoms with Crippen LogP contribution in [0, 0.1) is 5.82 Å². The highest BCUT2D eigenvalue weighted by atomic mass is 35.5. The first-order chi connectivity index (χ1) is 10.9. The van der Waals surface area contributed by atoms with Crippen molar-refractivity contribution >= 4 is 11.6 Å². The second kappa shape index (κ2) is 7.80. The van der Waals surface area contributed by atoms with Gasteiger partial charge in [-0.2, -0.15) is 0 Å².